The number of hydrogen-bond acceptors (Lipinski definition) is 3. The summed E-state index contributed by atoms with van der Waals surface area (Å²) in [5, 5.41) is 1.04. The summed E-state index contributed by atoms with van der Waals surface area (Å²) < 4.78 is 12.1. The SMILES string of the molecule is COC(=O)Cc1cn(C)c2c(OC)cc(C)cc12. The highest BCUT2D eigenvalue weighted by molar-refractivity contribution is 5.92. The van der Waals surface area contributed by atoms with Gasteiger partial charge in [-0.15, -0.1) is 0 Å². The van der Waals surface area contributed by atoms with Gasteiger partial charge in [0.05, 0.1) is 26.2 Å². The molecular formula is C14H17NO3. The van der Waals surface area contributed by atoms with E-state index in [1.165, 1.54) is 7.11 Å². The summed E-state index contributed by atoms with van der Waals surface area (Å²) in [7, 11) is 5.00. The van der Waals surface area contributed by atoms with Gasteiger partial charge in [-0.2, -0.15) is 0 Å². The summed E-state index contributed by atoms with van der Waals surface area (Å²) in [6, 6.07) is 4.06. The lowest BCUT2D eigenvalue weighted by molar-refractivity contribution is -0.139. The molecule has 0 radical (unpaired) electrons. The van der Waals surface area contributed by atoms with Crippen molar-refractivity contribution in [2.24, 2.45) is 7.05 Å². The molecule has 0 spiro atoms. The molecular weight excluding hydrogens is 230 g/mol. The van der Waals surface area contributed by atoms with Crippen LogP contribution in [0, 0.1) is 6.92 Å². The number of benzene rings is 1. The highest BCUT2D eigenvalue weighted by atomic mass is 16.5. The van der Waals surface area contributed by atoms with E-state index in [0.29, 0.717) is 0 Å². The van der Waals surface area contributed by atoms with Gasteiger partial charge in [0.15, 0.2) is 0 Å². The molecule has 4 heteroatoms. The third-order valence-electron chi connectivity index (χ3n) is 3.05. The molecule has 2 aromatic rings. The molecule has 0 unspecified atom stereocenters. The molecule has 1 aromatic carbocycles. The first-order chi connectivity index (χ1) is 8.56. The van der Waals surface area contributed by atoms with E-state index in [1.807, 2.05) is 30.8 Å². The number of aromatic nitrogens is 1. The minimum Gasteiger partial charge on any atom is -0.495 e. The van der Waals surface area contributed by atoms with Crippen LogP contribution in [-0.4, -0.2) is 24.8 Å². The number of esters is 1. The topological polar surface area (TPSA) is 40.5 Å². The van der Waals surface area contributed by atoms with Crippen molar-refractivity contribution < 1.29 is 14.3 Å². The lowest BCUT2D eigenvalue weighted by Crippen LogP contribution is -2.03. The molecule has 4 nitrogen and oxygen atoms in total. The van der Waals surface area contributed by atoms with Gasteiger partial charge in [0.2, 0.25) is 0 Å². The second-order valence-corrected chi connectivity index (χ2v) is 4.38. The van der Waals surface area contributed by atoms with E-state index in [-0.39, 0.29) is 12.4 Å². The van der Waals surface area contributed by atoms with E-state index in [1.54, 1.807) is 7.11 Å². The fourth-order valence-corrected chi connectivity index (χ4v) is 2.25. The zero-order chi connectivity index (χ0) is 13.3. The zero-order valence-electron chi connectivity index (χ0n) is 11.1. The molecule has 96 valence electrons. The smallest absolute Gasteiger partial charge is 0.310 e. The Balaban J connectivity index is 2.63. The number of aryl methyl sites for hydroxylation is 2. The molecule has 2 rings (SSSR count). The molecule has 1 heterocycles. The van der Waals surface area contributed by atoms with Crippen LogP contribution in [0.1, 0.15) is 11.1 Å². The lowest BCUT2D eigenvalue weighted by Gasteiger charge is -2.06. The summed E-state index contributed by atoms with van der Waals surface area (Å²) in [5.74, 6) is 0.589. The normalized spacial score (nSPS) is 10.7. The summed E-state index contributed by atoms with van der Waals surface area (Å²) in [6.45, 7) is 2.01. The molecule has 18 heavy (non-hydrogen) atoms. The minimum atomic E-state index is -0.233. The van der Waals surface area contributed by atoms with E-state index in [2.05, 4.69) is 6.07 Å². The van der Waals surface area contributed by atoms with Gasteiger partial charge in [0.1, 0.15) is 5.75 Å². The average molecular weight is 247 g/mol. The molecule has 0 aliphatic rings. The molecule has 0 aliphatic carbocycles. The molecule has 0 atom stereocenters. The number of carbonyl (C=O) groups excluding carboxylic acids is 1. The molecule has 0 amide bonds. The van der Waals surface area contributed by atoms with Gasteiger partial charge in [0, 0.05) is 18.6 Å². The fraction of sp³-hybridized carbons (Fsp3) is 0.357. The number of carbonyl (C=O) groups is 1. The first-order valence-electron chi connectivity index (χ1n) is 5.76. The average Bonchev–Trinajstić information content (AvgIpc) is 2.65. The maximum atomic E-state index is 11.4. The van der Waals surface area contributed by atoms with Gasteiger partial charge >= 0.3 is 5.97 Å². The van der Waals surface area contributed by atoms with Crippen LogP contribution in [0.25, 0.3) is 10.9 Å². The number of fused-ring (bicyclic) bond motifs is 1. The molecule has 0 N–H and O–H groups in total. The third-order valence-corrected chi connectivity index (χ3v) is 3.05. The Labute approximate surface area is 106 Å². The highest BCUT2D eigenvalue weighted by Gasteiger charge is 2.14. The van der Waals surface area contributed by atoms with E-state index >= 15 is 0 Å². The monoisotopic (exact) mass is 247 g/mol. The Kier molecular flexibility index (Phi) is 3.28. The number of methoxy groups -OCH3 is 2. The Morgan fingerprint density at radius 1 is 1.33 bits per heavy atom. The van der Waals surface area contributed by atoms with Crippen LogP contribution < -0.4 is 4.74 Å². The van der Waals surface area contributed by atoms with Crippen molar-refractivity contribution >= 4 is 16.9 Å². The Morgan fingerprint density at radius 2 is 2.06 bits per heavy atom. The second-order valence-electron chi connectivity index (χ2n) is 4.38. The highest BCUT2D eigenvalue weighted by Crippen LogP contribution is 2.31. The number of rotatable bonds is 3. The summed E-state index contributed by atoms with van der Waals surface area (Å²) >= 11 is 0. The molecule has 0 bridgehead atoms. The van der Waals surface area contributed by atoms with Crippen molar-refractivity contribution in [3.05, 3.63) is 29.5 Å². The predicted molar refractivity (Wildman–Crippen MR) is 69.9 cm³/mol. The van der Waals surface area contributed by atoms with Crippen LogP contribution in [-0.2, 0) is 23.0 Å². The van der Waals surface area contributed by atoms with Crippen molar-refractivity contribution in [3.63, 3.8) is 0 Å². The molecule has 0 saturated carbocycles. The Morgan fingerprint density at radius 3 is 2.67 bits per heavy atom. The van der Waals surface area contributed by atoms with Crippen LogP contribution in [0.5, 0.6) is 5.75 Å². The zero-order valence-corrected chi connectivity index (χ0v) is 11.1. The Hall–Kier alpha value is -1.97. The molecule has 1 aromatic heterocycles. The largest absolute Gasteiger partial charge is 0.495 e. The first-order valence-corrected chi connectivity index (χ1v) is 5.76. The fourth-order valence-electron chi connectivity index (χ4n) is 2.25. The quantitative estimate of drug-likeness (QED) is 0.781. The maximum Gasteiger partial charge on any atom is 0.310 e. The van der Waals surface area contributed by atoms with Crippen LogP contribution in [0.2, 0.25) is 0 Å². The van der Waals surface area contributed by atoms with Gasteiger partial charge in [-0.1, -0.05) is 0 Å². The van der Waals surface area contributed by atoms with Crippen LogP contribution in [0.4, 0.5) is 0 Å². The van der Waals surface area contributed by atoms with Crippen LogP contribution >= 0.6 is 0 Å². The second kappa shape index (κ2) is 4.72. The van der Waals surface area contributed by atoms with Crippen LogP contribution in [0.15, 0.2) is 18.3 Å². The number of ether oxygens (including phenoxy) is 2. The summed E-state index contributed by atoms with van der Waals surface area (Å²) in [5.41, 5.74) is 3.07. The maximum absolute atomic E-state index is 11.4. The van der Waals surface area contributed by atoms with Crippen molar-refractivity contribution in [2.45, 2.75) is 13.3 Å². The van der Waals surface area contributed by atoms with Crippen molar-refractivity contribution in [3.8, 4) is 5.75 Å². The first kappa shape index (κ1) is 12.5. The minimum absolute atomic E-state index is 0.233. The van der Waals surface area contributed by atoms with Crippen molar-refractivity contribution in [1.29, 1.82) is 0 Å². The van der Waals surface area contributed by atoms with E-state index < -0.39 is 0 Å². The lowest BCUT2D eigenvalue weighted by atomic mass is 10.1. The summed E-state index contributed by atoms with van der Waals surface area (Å²) in [4.78, 5) is 11.4. The van der Waals surface area contributed by atoms with E-state index in [0.717, 1.165) is 27.8 Å². The third kappa shape index (κ3) is 2.06. The van der Waals surface area contributed by atoms with E-state index in [9.17, 15) is 4.79 Å². The van der Waals surface area contributed by atoms with Crippen LogP contribution in [0.3, 0.4) is 0 Å². The van der Waals surface area contributed by atoms with Gasteiger partial charge in [-0.3, -0.25) is 4.79 Å². The van der Waals surface area contributed by atoms with Crippen molar-refractivity contribution in [1.82, 2.24) is 4.57 Å². The van der Waals surface area contributed by atoms with Gasteiger partial charge in [-0.25, -0.2) is 0 Å². The Bertz CT molecular complexity index is 599. The van der Waals surface area contributed by atoms with Gasteiger partial charge in [0.25, 0.3) is 0 Å². The van der Waals surface area contributed by atoms with Gasteiger partial charge in [-0.05, 0) is 30.2 Å². The predicted octanol–water partition coefficient (Wildman–Crippen LogP) is 2.21. The van der Waals surface area contributed by atoms with Crippen molar-refractivity contribution in [2.75, 3.05) is 14.2 Å². The molecule has 0 saturated heterocycles. The number of nitrogens with zero attached hydrogens (tertiary/aromatic N) is 1. The van der Waals surface area contributed by atoms with E-state index in [4.69, 9.17) is 9.47 Å². The summed E-state index contributed by atoms with van der Waals surface area (Å²) in [6.07, 6.45) is 2.23. The number of hydrogen-bond donors (Lipinski definition) is 0. The standard InChI is InChI=1S/C14H17NO3/c1-9-5-11-10(7-13(16)18-4)8-15(2)14(11)12(6-9)17-3/h5-6,8H,7H2,1-4H3. The molecule has 0 aliphatic heterocycles. The van der Waals surface area contributed by atoms with Gasteiger partial charge < -0.3 is 14.0 Å². The molecule has 0 fully saturated rings.